The summed E-state index contributed by atoms with van der Waals surface area (Å²) in [4.78, 5) is 45.8. The molecule has 3 N–H and O–H groups in total. The molecule has 0 radical (unpaired) electrons. The third kappa shape index (κ3) is 6.62. The third-order valence-corrected chi connectivity index (χ3v) is 3.88. The van der Waals surface area contributed by atoms with Gasteiger partial charge in [-0.15, -0.1) is 0 Å². The summed E-state index contributed by atoms with van der Waals surface area (Å²) in [5.74, 6) is -0.945. The van der Waals surface area contributed by atoms with E-state index in [2.05, 4.69) is 10.6 Å². The van der Waals surface area contributed by atoms with E-state index in [0.29, 0.717) is 0 Å². The van der Waals surface area contributed by atoms with E-state index in [9.17, 15) is 29.6 Å². The fraction of sp³-hybridized carbons (Fsp3) is 0.500. The van der Waals surface area contributed by atoms with Gasteiger partial charge >= 0.3 is 18.2 Å². The molecule has 0 bridgehead atoms. The Balaban J connectivity index is 1.99. The summed E-state index contributed by atoms with van der Waals surface area (Å²) in [5, 5.41) is 24.9. The number of carbonyl (C=O) groups excluding carboxylic acids is 2. The van der Waals surface area contributed by atoms with Crippen LogP contribution in [0.1, 0.15) is 39.4 Å². The first-order valence-corrected chi connectivity index (χ1v) is 9.12. The summed E-state index contributed by atoms with van der Waals surface area (Å²) in [6.45, 7) is 5.62. The Morgan fingerprint density at radius 1 is 1.23 bits per heavy atom. The minimum atomic E-state index is -1.49. The zero-order valence-corrected chi connectivity index (χ0v) is 17.3. The van der Waals surface area contributed by atoms with Gasteiger partial charge < -0.3 is 34.7 Å². The molecule has 13 nitrogen and oxygen atoms in total. The maximum atomic E-state index is 12.1. The van der Waals surface area contributed by atoms with Gasteiger partial charge in [-0.25, -0.2) is 14.4 Å². The van der Waals surface area contributed by atoms with E-state index in [1.807, 2.05) is 0 Å². The number of nitrogens with zero attached hydrogens (tertiary/aromatic N) is 1. The van der Waals surface area contributed by atoms with Crippen LogP contribution in [0.3, 0.4) is 0 Å². The van der Waals surface area contributed by atoms with Crippen molar-refractivity contribution in [3.05, 3.63) is 27.8 Å². The topological polar surface area (TPSA) is 176 Å². The summed E-state index contributed by atoms with van der Waals surface area (Å²) in [7, 11) is 0. The molecule has 1 aromatic carbocycles. The van der Waals surface area contributed by atoms with E-state index in [4.69, 9.17) is 18.9 Å². The zero-order valence-electron chi connectivity index (χ0n) is 17.3. The number of ether oxygens (including phenoxy) is 4. The number of aliphatic carboxylic acids is 1. The Kier molecular flexibility index (Phi) is 7.10. The third-order valence-electron chi connectivity index (χ3n) is 3.88. The molecule has 0 aromatic heterocycles. The Morgan fingerprint density at radius 2 is 1.84 bits per heavy atom. The molecule has 170 valence electrons. The van der Waals surface area contributed by atoms with Crippen LogP contribution >= 0.6 is 0 Å². The van der Waals surface area contributed by atoms with E-state index in [1.54, 1.807) is 20.8 Å². The molecule has 2 rings (SSSR count). The van der Waals surface area contributed by atoms with Crippen molar-refractivity contribution in [3.63, 3.8) is 0 Å². The summed E-state index contributed by atoms with van der Waals surface area (Å²) in [6, 6.07) is 1.01. The number of carboxylic acids is 1. The molecule has 13 heteroatoms. The van der Waals surface area contributed by atoms with Crippen LogP contribution in [0, 0.1) is 10.1 Å². The fourth-order valence-corrected chi connectivity index (χ4v) is 2.53. The number of nitrogens with one attached hydrogen (secondary N) is 2. The predicted molar refractivity (Wildman–Crippen MR) is 103 cm³/mol. The van der Waals surface area contributed by atoms with Crippen LogP contribution in [0.4, 0.5) is 15.3 Å². The molecule has 31 heavy (non-hydrogen) atoms. The lowest BCUT2D eigenvalue weighted by Gasteiger charge is -2.22. The molecule has 2 unspecified atom stereocenters. The molecule has 2 atom stereocenters. The van der Waals surface area contributed by atoms with Gasteiger partial charge in [0.05, 0.1) is 23.1 Å². The first kappa shape index (κ1) is 23.5. The molecule has 1 aromatic rings. The number of hydrogen-bond donors (Lipinski definition) is 3. The fourth-order valence-electron chi connectivity index (χ4n) is 2.53. The van der Waals surface area contributed by atoms with E-state index in [1.165, 1.54) is 19.1 Å². The summed E-state index contributed by atoms with van der Waals surface area (Å²) >= 11 is 0. The average Bonchev–Trinajstić information content (AvgIpc) is 3.09. The minimum absolute atomic E-state index is 0.0612. The van der Waals surface area contributed by atoms with Crippen molar-refractivity contribution in [3.8, 4) is 11.5 Å². The van der Waals surface area contributed by atoms with Gasteiger partial charge in [0, 0.05) is 0 Å². The van der Waals surface area contributed by atoms with Crippen molar-refractivity contribution in [2.45, 2.75) is 45.4 Å². The SMILES string of the molecule is CC(OC(=O)NCC(NC(=O)OC(C)(C)C)C(=O)O)c1cc2c(cc1[N+](=O)[O-])OCO2. The van der Waals surface area contributed by atoms with Gasteiger partial charge in [0.25, 0.3) is 5.69 Å². The van der Waals surface area contributed by atoms with Gasteiger partial charge in [0.2, 0.25) is 6.79 Å². The molecule has 1 aliphatic heterocycles. The van der Waals surface area contributed by atoms with E-state index >= 15 is 0 Å². The molecule has 0 saturated carbocycles. The number of fused-ring (bicyclic) bond motifs is 1. The van der Waals surface area contributed by atoms with Crippen LogP contribution in [0.5, 0.6) is 11.5 Å². The van der Waals surface area contributed by atoms with Gasteiger partial charge in [-0.2, -0.15) is 0 Å². The van der Waals surface area contributed by atoms with E-state index < -0.39 is 47.4 Å². The molecule has 0 spiro atoms. The van der Waals surface area contributed by atoms with Crippen LogP contribution in [-0.4, -0.2) is 53.2 Å². The van der Waals surface area contributed by atoms with Gasteiger partial charge in [-0.05, 0) is 33.8 Å². The first-order chi connectivity index (χ1) is 14.4. The molecule has 0 fully saturated rings. The van der Waals surface area contributed by atoms with Crippen molar-refractivity contribution in [2.24, 2.45) is 0 Å². The number of carbonyl (C=O) groups is 3. The monoisotopic (exact) mass is 441 g/mol. The van der Waals surface area contributed by atoms with Gasteiger partial charge in [-0.1, -0.05) is 0 Å². The van der Waals surface area contributed by atoms with Crippen LogP contribution in [0.25, 0.3) is 0 Å². The summed E-state index contributed by atoms with van der Waals surface area (Å²) in [6.07, 6.45) is -3.09. The zero-order chi connectivity index (χ0) is 23.3. The smallest absolute Gasteiger partial charge is 0.408 e. The maximum Gasteiger partial charge on any atom is 0.408 e. The molecular weight excluding hydrogens is 418 g/mol. The number of benzene rings is 1. The normalized spacial score (nSPS) is 14.2. The van der Waals surface area contributed by atoms with Crippen LogP contribution in [0.2, 0.25) is 0 Å². The highest BCUT2D eigenvalue weighted by Crippen LogP contribution is 2.40. The highest BCUT2D eigenvalue weighted by molar-refractivity contribution is 5.81. The quantitative estimate of drug-likeness (QED) is 0.419. The van der Waals surface area contributed by atoms with Gasteiger partial charge in [0.1, 0.15) is 17.7 Å². The second kappa shape index (κ2) is 9.36. The number of nitro benzene ring substituents is 1. The second-order valence-corrected chi connectivity index (χ2v) is 7.49. The van der Waals surface area contributed by atoms with Crippen molar-refractivity contribution < 1.29 is 43.4 Å². The first-order valence-electron chi connectivity index (χ1n) is 9.12. The van der Waals surface area contributed by atoms with Crippen molar-refractivity contribution in [1.29, 1.82) is 0 Å². The maximum absolute atomic E-state index is 12.1. The van der Waals surface area contributed by atoms with Crippen molar-refractivity contribution in [1.82, 2.24) is 10.6 Å². The van der Waals surface area contributed by atoms with Crippen LogP contribution in [-0.2, 0) is 14.3 Å². The molecular formula is C18H23N3O10. The van der Waals surface area contributed by atoms with Crippen LogP contribution < -0.4 is 20.1 Å². The molecule has 0 saturated heterocycles. The lowest BCUT2D eigenvalue weighted by atomic mass is 10.1. The van der Waals surface area contributed by atoms with E-state index in [0.717, 1.165) is 0 Å². The minimum Gasteiger partial charge on any atom is -0.480 e. The molecule has 1 aliphatic rings. The van der Waals surface area contributed by atoms with E-state index in [-0.39, 0.29) is 29.5 Å². The Morgan fingerprint density at radius 3 is 2.39 bits per heavy atom. The Hall–Kier alpha value is -3.77. The summed E-state index contributed by atoms with van der Waals surface area (Å²) < 4.78 is 20.4. The second-order valence-electron chi connectivity index (χ2n) is 7.49. The van der Waals surface area contributed by atoms with Crippen molar-refractivity contribution >= 4 is 23.8 Å². The van der Waals surface area contributed by atoms with Gasteiger partial charge in [0.15, 0.2) is 11.5 Å². The molecule has 1 heterocycles. The summed E-state index contributed by atoms with van der Waals surface area (Å²) in [5.41, 5.74) is -1.11. The number of amides is 2. The van der Waals surface area contributed by atoms with Crippen molar-refractivity contribution in [2.75, 3.05) is 13.3 Å². The molecule has 2 amide bonds. The molecule has 0 aliphatic carbocycles. The number of alkyl carbamates (subject to hydrolysis) is 2. The number of nitro groups is 1. The number of carboxylic acid groups (broad SMARTS) is 1. The van der Waals surface area contributed by atoms with Gasteiger partial charge in [-0.3, -0.25) is 10.1 Å². The standard InChI is InChI=1S/C18H23N3O10/c1-9(10-5-13-14(29-8-28-13)6-12(10)21(26)27)30-16(24)19-7-11(15(22)23)20-17(25)31-18(2,3)4/h5-6,9,11H,7-8H2,1-4H3,(H,19,24)(H,20,25)(H,22,23). The lowest BCUT2D eigenvalue weighted by molar-refractivity contribution is -0.386. The Labute approximate surface area is 176 Å². The highest BCUT2D eigenvalue weighted by atomic mass is 16.7. The predicted octanol–water partition coefficient (Wildman–Crippen LogP) is 2.09. The van der Waals surface area contributed by atoms with Crippen LogP contribution in [0.15, 0.2) is 12.1 Å². The largest absolute Gasteiger partial charge is 0.480 e. The highest BCUT2D eigenvalue weighted by Gasteiger charge is 2.29. The number of rotatable bonds is 7. The average molecular weight is 441 g/mol. The number of hydrogen-bond acceptors (Lipinski definition) is 9. The Bertz CT molecular complexity index is 880. The lowest BCUT2D eigenvalue weighted by Crippen LogP contribution is -2.49.